The molecule has 1 amide bonds. The zero-order valence-corrected chi connectivity index (χ0v) is 11.2. The first kappa shape index (κ1) is 16.0. The summed E-state index contributed by atoms with van der Waals surface area (Å²) in [5.74, 6) is -4.02. The molecule has 0 aromatic heterocycles. The Morgan fingerprint density at radius 1 is 1.35 bits per heavy atom. The average molecular weight is 286 g/mol. The van der Waals surface area contributed by atoms with Gasteiger partial charge in [0.25, 0.3) is 0 Å². The van der Waals surface area contributed by atoms with E-state index in [9.17, 15) is 18.4 Å². The number of rotatable bonds is 6. The monoisotopic (exact) mass is 286 g/mol. The lowest BCUT2D eigenvalue weighted by molar-refractivity contribution is -0.141. The maximum Gasteiger partial charge on any atom is 0.307 e. The minimum Gasteiger partial charge on any atom is -0.481 e. The molecule has 1 rings (SSSR count). The number of nitrogens with one attached hydrogen (secondary N) is 1. The van der Waals surface area contributed by atoms with E-state index in [2.05, 4.69) is 5.32 Å². The molecule has 5 nitrogen and oxygen atoms in total. The van der Waals surface area contributed by atoms with Crippen molar-refractivity contribution in [2.75, 3.05) is 25.5 Å². The second-order valence-corrected chi connectivity index (χ2v) is 4.61. The van der Waals surface area contributed by atoms with E-state index in [0.29, 0.717) is 0 Å². The van der Waals surface area contributed by atoms with Crippen LogP contribution in [-0.2, 0) is 9.59 Å². The van der Waals surface area contributed by atoms with Gasteiger partial charge in [0.05, 0.1) is 12.5 Å². The third-order valence-electron chi connectivity index (χ3n) is 2.62. The summed E-state index contributed by atoms with van der Waals surface area (Å²) in [6, 6.07) is 3.05. The minimum absolute atomic E-state index is 0.0450. The van der Waals surface area contributed by atoms with Gasteiger partial charge in [0.1, 0.15) is 0 Å². The van der Waals surface area contributed by atoms with Crippen molar-refractivity contribution >= 4 is 17.6 Å². The second-order valence-electron chi connectivity index (χ2n) is 4.61. The first-order chi connectivity index (χ1) is 9.29. The van der Waals surface area contributed by atoms with E-state index < -0.39 is 29.4 Å². The fourth-order valence-electron chi connectivity index (χ4n) is 1.63. The molecule has 20 heavy (non-hydrogen) atoms. The summed E-state index contributed by atoms with van der Waals surface area (Å²) >= 11 is 0. The predicted molar refractivity (Wildman–Crippen MR) is 69.3 cm³/mol. The van der Waals surface area contributed by atoms with Crippen LogP contribution in [0.25, 0.3) is 0 Å². The van der Waals surface area contributed by atoms with Gasteiger partial charge in [-0.3, -0.25) is 14.5 Å². The Kier molecular flexibility index (Phi) is 5.57. The van der Waals surface area contributed by atoms with Crippen LogP contribution in [0.5, 0.6) is 0 Å². The maximum absolute atomic E-state index is 13.0. The third-order valence-corrected chi connectivity index (χ3v) is 2.62. The number of halogens is 2. The molecule has 1 aromatic carbocycles. The topological polar surface area (TPSA) is 69.6 Å². The third kappa shape index (κ3) is 4.93. The fourth-order valence-corrected chi connectivity index (χ4v) is 1.63. The van der Waals surface area contributed by atoms with E-state index in [-0.39, 0.29) is 18.8 Å². The SMILES string of the molecule is CC(CN(C)CC(=O)Nc1ccc(F)c(F)c1)C(=O)O. The van der Waals surface area contributed by atoms with Gasteiger partial charge in [-0.05, 0) is 19.2 Å². The standard InChI is InChI=1S/C13H16F2N2O3/c1-8(13(19)20)6-17(2)7-12(18)16-9-3-4-10(14)11(15)5-9/h3-5,8H,6-7H2,1-2H3,(H,16,18)(H,19,20). The predicted octanol–water partition coefficient (Wildman–Crippen LogP) is 1.56. The molecule has 0 aliphatic heterocycles. The van der Waals surface area contributed by atoms with Gasteiger partial charge >= 0.3 is 5.97 Å². The molecule has 2 N–H and O–H groups in total. The average Bonchev–Trinajstić information content (AvgIpc) is 2.33. The highest BCUT2D eigenvalue weighted by Gasteiger charge is 2.15. The summed E-state index contributed by atoms with van der Waals surface area (Å²) in [6.07, 6.45) is 0. The van der Waals surface area contributed by atoms with E-state index >= 15 is 0 Å². The molecular weight excluding hydrogens is 270 g/mol. The number of nitrogens with zero attached hydrogens (tertiary/aromatic N) is 1. The fraction of sp³-hybridized carbons (Fsp3) is 0.385. The zero-order chi connectivity index (χ0) is 15.3. The Morgan fingerprint density at radius 3 is 2.55 bits per heavy atom. The number of likely N-dealkylation sites (N-methyl/N-ethyl adjacent to an activating group) is 1. The van der Waals surface area contributed by atoms with Crippen LogP contribution in [0.15, 0.2) is 18.2 Å². The lowest BCUT2D eigenvalue weighted by atomic mass is 10.2. The van der Waals surface area contributed by atoms with Gasteiger partial charge in [0.2, 0.25) is 5.91 Å². The number of carboxylic acids is 1. The lowest BCUT2D eigenvalue weighted by Crippen LogP contribution is -2.35. The summed E-state index contributed by atoms with van der Waals surface area (Å²) in [7, 11) is 1.60. The molecule has 0 heterocycles. The Bertz CT molecular complexity index is 508. The van der Waals surface area contributed by atoms with Crippen molar-refractivity contribution in [2.45, 2.75) is 6.92 Å². The van der Waals surface area contributed by atoms with Gasteiger partial charge in [-0.25, -0.2) is 8.78 Å². The molecule has 0 saturated carbocycles. The van der Waals surface area contributed by atoms with Crippen molar-refractivity contribution < 1.29 is 23.5 Å². The second kappa shape index (κ2) is 6.95. The molecule has 7 heteroatoms. The Morgan fingerprint density at radius 2 is 2.00 bits per heavy atom. The summed E-state index contributed by atoms with van der Waals surface area (Å²) in [4.78, 5) is 23.9. The highest BCUT2D eigenvalue weighted by molar-refractivity contribution is 5.92. The van der Waals surface area contributed by atoms with Crippen LogP contribution in [0.1, 0.15) is 6.92 Å². The van der Waals surface area contributed by atoms with E-state index in [0.717, 1.165) is 12.1 Å². The molecule has 1 unspecified atom stereocenters. The highest BCUT2D eigenvalue weighted by Crippen LogP contribution is 2.13. The molecule has 0 fully saturated rings. The quantitative estimate of drug-likeness (QED) is 0.832. The molecule has 110 valence electrons. The van der Waals surface area contributed by atoms with Crippen LogP contribution < -0.4 is 5.32 Å². The van der Waals surface area contributed by atoms with Crippen molar-refractivity contribution in [2.24, 2.45) is 5.92 Å². The summed E-state index contributed by atoms with van der Waals surface area (Å²) in [6.45, 7) is 1.70. The lowest BCUT2D eigenvalue weighted by Gasteiger charge is -2.18. The van der Waals surface area contributed by atoms with Crippen LogP contribution in [0.3, 0.4) is 0 Å². The molecule has 1 atom stereocenters. The van der Waals surface area contributed by atoms with Gasteiger partial charge < -0.3 is 10.4 Å². The molecular formula is C13H16F2N2O3. The molecule has 0 bridgehead atoms. The van der Waals surface area contributed by atoms with Crippen molar-refractivity contribution in [3.8, 4) is 0 Å². The molecule has 0 spiro atoms. The highest BCUT2D eigenvalue weighted by atomic mass is 19.2. The maximum atomic E-state index is 13.0. The largest absolute Gasteiger partial charge is 0.481 e. The summed E-state index contributed by atoms with van der Waals surface area (Å²) < 4.78 is 25.7. The number of hydrogen-bond acceptors (Lipinski definition) is 3. The van der Waals surface area contributed by atoms with Crippen molar-refractivity contribution in [3.05, 3.63) is 29.8 Å². The number of anilines is 1. The number of carboxylic acid groups (broad SMARTS) is 1. The number of hydrogen-bond donors (Lipinski definition) is 2. The zero-order valence-electron chi connectivity index (χ0n) is 11.2. The minimum atomic E-state index is -1.05. The van der Waals surface area contributed by atoms with Crippen LogP contribution in [0, 0.1) is 17.6 Å². The molecule has 1 aromatic rings. The van der Waals surface area contributed by atoms with Crippen LogP contribution >= 0.6 is 0 Å². The van der Waals surface area contributed by atoms with Crippen molar-refractivity contribution in [3.63, 3.8) is 0 Å². The molecule has 0 radical (unpaired) electrons. The number of benzene rings is 1. The van der Waals surface area contributed by atoms with Gasteiger partial charge in [-0.2, -0.15) is 0 Å². The Hall–Kier alpha value is -2.02. The van der Waals surface area contributed by atoms with E-state index in [1.165, 1.54) is 17.9 Å². The van der Waals surface area contributed by atoms with Gasteiger partial charge in [-0.1, -0.05) is 6.92 Å². The Balaban J connectivity index is 2.50. The van der Waals surface area contributed by atoms with E-state index in [1.54, 1.807) is 7.05 Å². The Labute approximate surface area is 115 Å². The van der Waals surface area contributed by atoms with E-state index in [1.807, 2.05) is 0 Å². The smallest absolute Gasteiger partial charge is 0.307 e. The van der Waals surface area contributed by atoms with Gasteiger partial charge in [-0.15, -0.1) is 0 Å². The number of carbonyl (C=O) groups excluding carboxylic acids is 1. The van der Waals surface area contributed by atoms with Gasteiger partial charge in [0, 0.05) is 18.3 Å². The first-order valence-corrected chi connectivity index (χ1v) is 5.96. The molecule has 0 aliphatic rings. The summed E-state index contributed by atoms with van der Waals surface area (Å²) in [5.41, 5.74) is 0.147. The van der Waals surface area contributed by atoms with Gasteiger partial charge in [0.15, 0.2) is 11.6 Å². The molecule has 0 aliphatic carbocycles. The number of aliphatic carboxylic acids is 1. The van der Waals surface area contributed by atoms with Crippen LogP contribution in [0.2, 0.25) is 0 Å². The first-order valence-electron chi connectivity index (χ1n) is 5.96. The summed E-state index contributed by atoms with van der Waals surface area (Å²) in [5, 5.41) is 11.2. The normalized spacial score (nSPS) is 12.2. The van der Waals surface area contributed by atoms with Crippen molar-refractivity contribution in [1.29, 1.82) is 0 Å². The van der Waals surface area contributed by atoms with E-state index in [4.69, 9.17) is 5.11 Å². The molecule has 0 saturated heterocycles. The number of amides is 1. The number of carbonyl (C=O) groups is 2. The van der Waals surface area contributed by atoms with Crippen LogP contribution in [0.4, 0.5) is 14.5 Å². The van der Waals surface area contributed by atoms with Crippen molar-refractivity contribution in [1.82, 2.24) is 4.90 Å². The van der Waals surface area contributed by atoms with Crippen LogP contribution in [-0.4, -0.2) is 42.0 Å².